The van der Waals surface area contributed by atoms with Crippen LogP contribution < -0.4 is 0 Å². The van der Waals surface area contributed by atoms with Gasteiger partial charge in [0.05, 0.1) is 12.0 Å². The molecule has 0 unspecified atom stereocenters. The van der Waals surface area contributed by atoms with Crippen molar-refractivity contribution < 1.29 is 0 Å². The lowest BCUT2D eigenvalue weighted by Gasteiger charge is -2.30. The van der Waals surface area contributed by atoms with E-state index in [9.17, 15) is 0 Å². The van der Waals surface area contributed by atoms with Crippen molar-refractivity contribution in [3.63, 3.8) is 0 Å². The zero-order valence-electron chi connectivity index (χ0n) is 11.9. The first-order valence-corrected chi connectivity index (χ1v) is 6.25. The second-order valence-corrected chi connectivity index (χ2v) is 6.58. The Hall–Kier alpha value is -0.790. The normalized spacial score (nSPS) is 13.2. The minimum Gasteiger partial charge on any atom is -0.329 e. The Labute approximate surface area is 100 Å². The van der Waals surface area contributed by atoms with E-state index in [-0.39, 0.29) is 11.0 Å². The van der Waals surface area contributed by atoms with E-state index in [4.69, 9.17) is 0 Å². The number of aryl methyl sites for hydroxylation is 1. The molecule has 0 radical (unpaired) electrons. The summed E-state index contributed by atoms with van der Waals surface area (Å²) in [6.45, 7) is 15.7. The van der Waals surface area contributed by atoms with Crippen molar-refractivity contribution in [3.05, 3.63) is 17.7 Å². The Balaban J connectivity index is 3.31. The number of aromatic nitrogens is 2. The van der Waals surface area contributed by atoms with Gasteiger partial charge in [0.2, 0.25) is 0 Å². The van der Waals surface area contributed by atoms with E-state index in [2.05, 4.69) is 58.0 Å². The minimum absolute atomic E-state index is 0.113. The monoisotopic (exact) mass is 222 g/mol. The van der Waals surface area contributed by atoms with Crippen molar-refractivity contribution in [1.29, 1.82) is 0 Å². The summed E-state index contributed by atoms with van der Waals surface area (Å²) < 4.78 is 2.33. The van der Waals surface area contributed by atoms with Crippen molar-refractivity contribution in [3.8, 4) is 0 Å². The van der Waals surface area contributed by atoms with E-state index in [0.29, 0.717) is 0 Å². The highest BCUT2D eigenvalue weighted by atomic mass is 15.1. The summed E-state index contributed by atoms with van der Waals surface area (Å²) in [7, 11) is 0. The maximum Gasteiger partial charge on any atom is 0.0956 e. The summed E-state index contributed by atoms with van der Waals surface area (Å²) in [4.78, 5) is 4.60. The Morgan fingerprint density at radius 1 is 1.12 bits per heavy atom. The summed E-state index contributed by atoms with van der Waals surface area (Å²) in [5.41, 5.74) is 2.93. The summed E-state index contributed by atoms with van der Waals surface area (Å²) in [5.74, 6) is 0. The number of imidazole rings is 1. The van der Waals surface area contributed by atoms with Crippen LogP contribution in [-0.4, -0.2) is 9.55 Å². The second-order valence-electron chi connectivity index (χ2n) is 6.58. The van der Waals surface area contributed by atoms with Gasteiger partial charge in [-0.1, -0.05) is 34.1 Å². The predicted octanol–water partition coefficient (Wildman–Crippen LogP) is 3.89. The van der Waals surface area contributed by atoms with Crippen molar-refractivity contribution in [2.24, 2.45) is 0 Å². The lowest BCUT2D eigenvalue weighted by Crippen LogP contribution is -2.29. The molecule has 0 aromatic carbocycles. The van der Waals surface area contributed by atoms with Crippen LogP contribution in [0.4, 0.5) is 0 Å². The second kappa shape index (κ2) is 4.23. The zero-order chi connectivity index (χ0) is 12.6. The third kappa shape index (κ3) is 2.66. The Kier molecular flexibility index (Phi) is 3.51. The summed E-state index contributed by atoms with van der Waals surface area (Å²) in [6, 6.07) is 0. The largest absolute Gasteiger partial charge is 0.329 e. The van der Waals surface area contributed by atoms with Gasteiger partial charge in [-0.3, -0.25) is 0 Å². The van der Waals surface area contributed by atoms with Gasteiger partial charge < -0.3 is 4.57 Å². The van der Waals surface area contributed by atoms with Gasteiger partial charge in [0.1, 0.15) is 0 Å². The van der Waals surface area contributed by atoms with Gasteiger partial charge in [-0.05, 0) is 27.2 Å². The standard InChI is InChI=1S/C14H26N2/c1-8-9-11-12(13(2,3)4)16(10-15-11)14(5,6)7/h10H,8-9H2,1-7H3. The molecule has 0 aliphatic heterocycles. The van der Waals surface area contributed by atoms with E-state index in [0.717, 1.165) is 12.8 Å². The molecule has 0 aliphatic carbocycles. The first-order valence-electron chi connectivity index (χ1n) is 6.25. The van der Waals surface area contributed by atoms with Crippen LogP contribution in [0.15, 0.2) is 6.33 Å². The molecule has 2 heteroatoms. The van der Waals surface area contributed by atoms with Gasteiger partial charge in [0, 0.05) is 16.6 Å². The molecule has 0 aliphatic rings. The van der Waals surface area contributed by atoms with Crippen LogP contribution in [0.1, 0.15) is 66.3 Å². The van der Waals surface area contributed by atoms with Crippen LogP contribution in [0, 0.1) is 0 Å². The lowest BCUT2D eigenvalue weighted by molar-refractivity contribution is 0.358. The highest BCUT2D eigenvalue weighted by molar-refractivity contribution is 5.23. The van der Waals surface area contributed by atoms with Crippen LogP contribution in [0.2, 0.25) is 0 Å². The Bertz CT molecular complexity index is 348. The summed E-state index contributed by atoms with van der Waals surface area (Å²) in [5, 5.41) is 0. The number of rotatable bonds is 2. The molecule has 0 saturated heterocycles. The average Bonchev–Trinajstić information content (AvgIpc) is 2.46. The average molecular weight is 222 g/mol. The predicted molar refractivity (Wildman–Crippen MR) is 69.9 cm³/mol. The molecule has 0 N–H and O–H groups in total. The van der Waals surface area contributed by atoms with Gasteiger partial charge >= 0.3 is 0 Å². The van der Waals surface area contributed by atoms with Crippen molar-refractivity contribution >= 4 is 0 Å². The molecule has 0 atom stereocenters. The molecule has 0 spiro atoms. The smallest absolute Gasteiger partial charge is 0.0956 e. The van der Waals surface area contributed by atoms with Gasteiger partial charge in [0.15, 0.2) is 0 Å². The molecule has 16 heavy (non-hydrogen) atoms. The molecule has 0 bridgehead atoms. The number of hydrogen-bond acceptors (Lipinski definition) is 1. The Morgan fingerprint density at radius 2 is 1.69 bits per heavy atom. The highest BCUT2D eigenvalue weighted by Crippen LogP contribution is 2.30. The maximum absolute atomic E-state index is 4.60. The van der Waals surface area contributed by atoms with Crippen LogP contribution >= 0.6 is 0 Å². The highest BCUT2D eigenvalue weighted by Gasteiger charge is 2.27. The van der Waals surface area contributed by atoms with Crippen LogP contribution in [-0.2, 0) is 17.4 Å². The molecule has 0 fully saturated rings. The molecule has 0 saturated carbocycles. The van der Waals surface area contributed by atoms with E-state index < -0.39 is 0 Å². The first-order chi connectivity index (χ1) is 7.18. The molecule has 1 rings (SSSR count). The summed E-state index contributed by atoms with van der Waals surface area (Å²) in [6.07, 6.45) is 4.24. The number of nitrogens with zero attached hydrogens (tertiary/aromatic N) is 2. The maximum atomic E-state index is 4.60. The fourth-order valence-corrected chi connectivity index (χ4v) is 2.11. The Morgan fingerprint density at radius 3 is 2.06 bits per heavy atom. The third-order valence-electron chi connectivity index (χ3n) is 2.76. The van der Waals surface area contributed by atoms with Gasteiger partial charge in [-0.15, -0.1) is 0 Å². The first kappa shape index (κ1) is 13.3. The third-order valence-corrected chi connectivity index (χ3v) is 2.76. The minimum atomic E-state index is 0.113. The zero-order valence-corrected chi connectivity index (χ0v) is 11.9. The molecular weight excluding hydrogens is 196 g/mol. The van der Waals surface area contributed by atoms with Crippen molar-refractivity contribution in [1.82, 2.24) is 9.55 Å². The van der Waals surface area contributed by atoms with E-state index in [1.165, 1.54) is 11.4 Å². The van der Waals surface area contributed by atoms with Crippen molar-refractivity contribution in [2.45, 2.75) is 72.3 Å². The molecule has 1 aromatic heterocycles. The van der Waals surface area contributed by atoms with E-state index >= 15 is 0 Å². The molecule has 1 heterocycles. The van der Waals surface area contributed by atoms with E-state index in [1.54, 1.807) is 0 Å². The topological polar surface area (TPSA) is 17.8 Å². The quantitative estimate of drug-likeness (QED) is 0.742. The fraction of sp³-hybridized carbons (Fsp3) is 0.786. The fourth-order valence-electron chi connectivity index (χ4n) is 2.11. The van der Waals surface area contributed by atoms with Crippen LogP contribution in [0.5, 0.6) is 0 Å². The lowest BCUT2D eigenvalue weighted by atomic mass is 9.88. The molecule has 92 valence electrons. The van der Waals surface area contributed by atoms with Crippen LogP contribution in [0.3, 0.4) is 0 Å². The SMILES string of the molecule is CCCc1ncn(C(C)(C)C)c1C(C)(C)C. The molecule has 0 amide bonds. The number of hydrogen-bond donors (Lipinski definition) is 0. The molecule has 2 nitrogen and oxygen atoms in total. The summed E-state index contributed by atoms with van der Waals surface area (Å²) >= 11 is 0. The van der Waals surface area contributed by atoms with Gasteiger partial charge in [-0.2, -0.15) is 0 Å². The van der Waals surface area contributed by atoms with Gasteiger partial charge in [0.25, 0.3) is 0 Å². The molecular formula is C14H26N2. The van der Waals surface area contributed by atoms with Crippen molar-refractivity contribution in [2.75, 3.05) is 0 Å². The van der Waals surface area contributed by atoms with Crippen LogP contribution in [0.25, 0.3) is 0 Å². The van der Waals surface area contributed by atoms with E-state index in [1.807, 2.05) is 6.33 Å². The molecule has 1 aromatic rings. The van der Waals surface area contributed by atoms with Gasteiger partial charge in [-0.25, -0.2) is 4.98 Å².